The summed E-state index contributed by atoms with van der Waals surface area (Å²) in [4.78, 5) is 44.5. The minimum absolute atomic E-state index is 0.533. The molecule has 568 valence electrons. The summed E-state index contributed by atoms with van der Waals surface area (Å²) in [6.07, 6.45) is -29.8. The highest BCUT2D eigenvalue weighted by molar-refractivity contribution is 7.85. The minimum Gasteiger partial charge on any atom is -0.323 e. The summed E-state index contributed by atoms with van der Waals surface area (Å²) in [6, 6.07) is 0. The van der Waals surface area contributed by atoms with Crippen LogP contribution in [0.3, 0.4) is 0 Å². The Hall–Kier alpha value is -4.22. The maximum Gasteiger partial charge on any atom is 0.455 e. The van der Waals surface area contributed by atoms with Crippen LogP contribution in [-0.4, -0.2) is 232 Å². The molecule has 12 saturated heterocycles. The van der Waals surface area contributed by atoms with Gasteiger partial charge in [-0.1, -0.05) is 0 Å². The smallest absolute Gasteiger partial charge is 0.323 e. The van der Waals surface area contributed by atoms with Gasteiger partial charge in [0.2, 0.25) is 36.3 Å². The van der Waals surface area contributed by atoms with Crippen LogP contribution >= 0.6 is 0 Å². The second-order valence-electron chi connectivity index (χ2n) is 17.5. The first-order valence-corrected chi connectivity index (χ1v) is 37.8. The first kappa shape index (κ1) is 81.1. The minimum atomic E-state index is -5.19. The van der Waals surface area contributed by atoms with Gasteiger partial charge >= 0.3 is 172 Å². The molecule has 0 amide bonds. The highest BCUT2D eigenvalue weighted by Crippen LogP contribution is 2.56. The maximum atomic E-state index is 13.5. The van der Waals surface area contributed by atoms with E-state index in [1.165, 1.54) is 0 Å². The van der Waals surface area contributed by atoms with Crippen molar-refractivity contribution in [2.45, 2.75) is 67.7 Å². The molecule has 0 saturated carbocycles. The van der Waals surface area contributed by atoms with Crippen LogP contribution in [0.1, 0.15) is 0 Å². The molecule has 0 aliphatic carbocycles. The quantitative estimate of drug-likeness (QED) is 0.161. The van der Waals surface area contributed by atoms with E-state index >= 15 is 0 Å². The van der Waals surface area contributed by atoms with Crippen LogP contribution < -0.4 is 0 Å². The number of carbonyl (C=O) groups is 4. The van der Waals surface area contributed by atoms with Crippen molar-refractivity contribution >= 4 is 149 Å². The number of hydrogen-bond donors (Lipinski definition) is 0. The van der Waals surface area contributed by atoms with E-state index in [-0.39, 0.29) is 0 Å². The molecule has 0 aromatic carbocycles. The van der Waals surface area contributed by atoms with E-state index in [1.54, 1.807) is 0 Å². The molecule has 0 radical (unpaired) electrons. The normalized spacial score (nSPS) is 37.5. The molecule has 6 spiro atoms. The van der Waals surface area contributed by atoms with Crippen LogP contribution in [0, 0.1) is 16.2 Å². The first-order valence-electron chi connectivity index (χ1n) is 21.8. The van der Waals surface area contributed by atoms with Crippen LogP contribution in [0.5, 0.6) is 0 Å². The molecule has 12 rings (SSSR count). The Labute approximate surface area is 534 Å². The summed E-state index contributed by atoms with van der Waals surface area (Å²) in [5.41, 5.74) is -9.70. The van der Waals surface area contributed by atoms with Crippen molar-refractivity contribution in [3.63, 3.8) is 0 Å². The molecule has 98 heavy (non-hydrogen) atoms. The molecular weight excluding hydrogens is 1690 g/mol. The van der Waals surface area contributed by atoms with Crippen molar-refractivity contribution in [1.29, 1.82) is 0 Å². The number of alkyl halides is 10. The van der Waals surface area contributed by atoms with Gasteiger partial charge in [-0.15, -0.1) is 0 Å². The van der Waals surface area contributed by atoms with Gasteiger partial charge in [0.05, 0.1) is 26.4 Å². The molecule has 6 unspecified atom stereocenters. The molecule has 0 N–H and O–H groups in total. The SMILES string of the molecule is O=C1OS(=O)(=O)OC12OS(=O)(=O)OC2=O.O=C1OS(=O)(=O)OCC12COS(=O)(=O)OC2=O.O=S1(=O)OC(F)C2(C(F)O1)C(F)OS(=O)(=O)OC2F.O=S1(=O)OC(F)C2(O1)OS(=O)(=O)OC2F.O=S1(=O)OCC2(COS(=O)(=O)O2)O1.O=S1(=O)OCC2(COS(=O)(=O)OC2(F)F)C(F)(F)O1. The van der Waals surface area contributed by atoms with Crippen LogP contribution in [0.15, 0.2) is 0 Å². The lowest BCUT2D eigenvalue weighted by Crippen LogP contribution is -2.67. The standard InChI is InChI=1S/2C5H4F4O8S2.C5H4O10S2.C3H2F2O8S2.C3O10S2.C3H4O8S2/c6-1-5(2(7)15-18(10,11)14-1)3(8)16-19(12,13)17-4(5)9;6-4(7)3(1-14-18(10,11)16-4)2-15-19(12,13)17-5(3,8)9;6-3-5(1-12-16(8,9)14-3)2-13-17(10,11)15-4(5)7;2*4-1-3(12-14(6,7)10-1)2(5)11-15(8,9)13-3;4-12(5)8-1-3(10-12)2-9-13(6,7)11-3/h1-4H;1-2H2;1-2H2;1-2H;;1-2H2. The predicted molar refractivity (Wildman–Crippen MR) is 237 cm³/mol. The average Bonchev–Trinajstić information content (AvgIpc) is 1.32. The van der Waals surface area contributed by atoms with Gasteiger partial charge in [0.25, 0.3) is 18.5 Å². The van der Waals surface area contributed by atoms with E-state index < -0.39 is 272 Å². The Balaban J connectivity index is 0.000000166. The summed E-state index contributed by atoms with van der Waals surface area (Å²) in [5, 5.41) is 0. The van der Waals surface area contributed by atoms with Gasteiger partial charge < -0.3 is 16.7 Å². The third-order valence-corrected chi connectivity index (χ3v) is 21.0. The Morgan fingerprint density at radius 3 is 0.776 bits per heavy atom. The summed E-state index contributed by atoms with van der Waals surface area (Å²) < 4.78 is 479. The van der Waals surface area contributed by atoms with Crippen LogP contribution in [-0.2, 0) is 244 Å². The molecule has 0 bridgehead atoms. The lowest BCUT2D eigenvalue weighted by atomic mass is 9.87. The van der Waals surface area contributed by atoms with E-state index in [9.17, 15) is 164 Å². The summed E-state index contributed by atoms with van der Waals surface area (Å²) in [7, 11) is -57.4. The van der Waals surface area contributed by atoms with Gasteiger partial charge in [-0.3, -0.25) is 0 Å². The van der Waals surface area contributed by atoms with E-state index in [2.05, 4.69) is 100 Å². The largest absolute Gasteiger partial charge is 0.455 e. The van der Waals surface area contributed by atoms with Crippen molar-refractivity contribution < 1.29 is 264 Å². The van der Waals surface area contributed by atoms with Gasteiger partial charge in [0.15, 0.2) is 5.41 Å². The molecule has 6 atom stereocenters. The highest BCUT2D eigenvalue weighted by atomic mass is 32.3. The fraction of sp³-hybridized carbons (Fsp3) is 0.833. The Morgan fingerprint density at radius 2 is 0.541 bits per heavy atom. The maximum absolute atomic E-state index is 13.5. The first-order chi connectivity index (χ1) is 43.7. The molecule has 12 fully saturated rings. The van der Waals surface area contributed by atoms with Gasteiger partial charge in [-0.2, -0.15) is 144 Å². The lowest BCUT2D eigenvalue weighted by molar-refractivity contribution is -0.404. The molecule has 0 aromatic heterocycles. The van der Waals surface area contributed by atoms with Crippen LogP contribution in [0.4, 0.5) is 43.9 Å². The second-order valence-corrected chi connectivity index (χ2v) is 31.9. The predicted octanol–water partition coefficient (Wildman–Crippen LogP) is -8.47. The zero-order valence-corrected chi connectivity index (χ0v) is 53.4. The molecule has 0 aromatic rings. The van der Waals surface area contributed by atoms with Crippen molar-refractivity contribution in [2.24, 2.45) is 16.2 Å². The molecule has 52 nitrogen and oxygen atoms in total. The molecule has 12 heterocycles. The third-order valence-electron chi connectivity index (χ3n) is 11.0. The van der Waals surface area contributed by atoms with Crippen molar-refractivity contribution in [3.05, 3.63) is 0 Å². The monoisotopic (exact) mass is 1710 g/mol. The van der Waals surface area contributed by atoms with Gasteiger partial charge in [-0.25, -0.2) is 104 Å². The fourth-order valence-electron chi connectivity index (χ4n) is 6.58. The fourth-order valence-corrected chi connectivity index (χ4v) is 16.5. The second kappa shape index (κ2) is 25.3. The molecule has 74 heteroatoms. The van der Waals surface area contributed by atoms with Crippen LogP contribution in [0.25, 0.3) is 0 Å². The Kier molecular flexibility index (Phi) is 20.9. The van der Waals surface area contributed by atoms with E-state index in [0.29, 0.717) is 0 Å². The van der Waals surface area contributed by atoms with Gasteiger partial charge in [0.1, 0.15) is 13.2 Å². The average molecular weight is 1710 g/mol. The molecular formula is C24H18F10O52S12. The topological polar surface area (TPSA) is 699 Å². The number of hydrogen-bond acceptors (Lipinski definition) is 52. The Morgan fingerprint density at radius 1 is 0.276 bits per heavy atom. The van der Waals surface area contributed by atoms with E-state index in [1.807, 2.05) is 0 Å². The lowest BCUT2D eigenvalue weighted by Gasteiger charge is -2.45. The van der Waals surface area contributed by atoms with Gasteiger partial charge in [0, 0.05) is 0 Å². The zero-order valence-electron chi connectivity index (χ0n) is 43.6. The van der Waals surface area contributed by atoms with Crippen LogP contribution in [0.2, 0.25) is 0 Å². The summed E-state index contributed by atoms with van der Waals surface area (Å²) in [6.45, 7) is -6.52. The highest BCUT2D eigenvalue weighted by Gasteiger charge is 2.79. The van der Waals surface area contributed by atoms with Gasteiger partial charge in [-0.05, 0) is 0 Å². The van der Waals surface area contributed by atoms with E-state index in [0.717, 1.165) is 0 Å². The third kappa shape index (κ3) is 16.5. The van der Waals surface area contributed by atoms with Crippen molar-refractivity contribution in [3.8, 4) is 0 Å². The van der Waals surface area contributed by atoms with Crippen molar-refractivity contribution in [1.82, 2.24) is 0 Å². The Bertz CT molecular complexity index is 4390. The zero-order chi connectivity index (χ0) is 75.0. The summed E-state index contributed by atoms with van der Waals surface area (Å²) in [5.74, 6) is -15.1. The number of carbonyl (C=O) groups excluding carboxylic acids is 4. The van der Waals surface area contributed by atoms with Crippen molar-refractivity contribution in [2.75, 3.05) is 39.6 Å². The molecule has 12 aliphatic rings. The summed E-state index contributed by atoms with van der Waals surface area (Å²) >= 11 is 0. The number of rotatable bonds is 0. The number of halogens is 10. The van der Waals surface area contributed by atoms with E-state index in [4.69, 9.17) is 0 Å². The molecule has 12 aliphatic heterocycles.